The van der Waals surface area contributed by atoms with Gasteiger partial charge in [0.1, 0.15) is 0 Å². The van der Waals surface area contributed by atoms with E-state index in [2.05, 4.69) is 34.9 Å². The predicted octanol–water partition coefficient (Wildman–Crippen LogP) is 5.06. The number of carbonyl (C=O) groups is 1. The number of aryl methyl sites for hydroxylation is 1. The minimum absolute atomic E-state index is 0.0194. The molecule has 2 N–H and O–H groups in total. The first-order valence-corrected chi connectivity index (χ1v) is 10.1. The van der Waals surface area contributed by atoms with Crippen LogP contribution in [0.25, 0.3) is 0 Å². The third-order valence-electron chi connectivity index (χ3n) is 6.68. The predicted molar refractivity (Wildman–Crippen MR) is 106 cm³/mol. The fraction of sp³-hybridized carbons (Fsp3) is 0.435. The van der Waals surface area contributed by atoms with Crippen molar-refractivity contribution in [2.45, 2.75) is 56.8 Å². The van der Waals surface area contributed by atoms with E-state index < -0.39 is 0 Å². The Balaban J connectivity index is 1.44. The highest BCUT2D eigenvalue weighted by Gasteiger charge is 2.39. The highest BCUT2D eigenvalue weighted by molar-refractivity contribution is 6.05. The largest absolute Gasteiger partial charge is 0.384 e. The number of amides is 1. The number of hydrogen-bond acceptors (Lipinski definition) is 2. The van der Waals surface area contributed by atoms with Gasteiger partial charge in [-0.1, -0.05) is 31.4 Å². The van der Waals surface area contributed by atoms with E-state index in [1.807, 2.05) is 12.1 Å². The van der Waals surface area contributed by atoms with Crippen LogP contribution in [0.5, 0.6) is 0 Å². The van der Waals surface area contributed by atoms with Crippen molar-refractivity contribution in [3.63, 3.8) is 0 Å². The van der Waals surface area contributed by atoms with Gasteiger partial charge < -0.3 is 10.6 Å². The Labute approximate surface area is 155 Å². The summed E-state index contributed by atoms with van der Waals surface area (Å²) in [4.78, 5) is 13.0. The summed E-state index contributed by atoms with van der Waals surface area (Å²) in [6.07, 6.45) is 9.82. The zero-order valence-electron chi connectivity index (χ0n) is 15.2. The Bertz CT molecular complexity index is 859. The third-order valence-corrected chi connectivity index (χ3v) is 6.68. The molecule has 5 rings (SSSR count). The van der Waals surface area contributed by atoms with E-state index in [1.54, 1.807) is 0 Å². The molecule has 3 aliphatic rings. The summed E-state index contributed by atoms with van der Waals surface area (Å²) in [6.45, 7) is 1.03. The molecule has 26 heavy (non-hydrogen) atoms. The quantitative estimate of drug-likeness (QED) is 0.798. The van der Waals surface area contributed by atoms with E-state index >= 15 is 0 Å². The normalized spacial score (nSPS) is 19.7. The molecule has 0 atom stereocenters. The molecule has 0 unspecified atom stereocenters. The van der Waals surface area contributed by atoms with Crippen molar-refractivity contribution >= 4 is 17.3 Å². The Morgan fingerprint density at radius 3 is 2.77 bits per heavy atom. The Morgan fingerprint density at radius 1 is 1.00 bits per heavy atom. The van der Waals surface area contributed by atoms with Crippen molar-refractivity contribution in [2.75, 3.05) is 17.2 Å². The van der Waals surface area contributed by atoms with Gasteiger partial charge in [-0.05, 0) is 73.1 Å². The van der Waals surface area contributed by atoms with Crippen molar-refractivity contribution in [3.05, 3.63) is 58.7 Å². The summed E-state index contributed by atoms with van der Waals surface area (Å²) in [6, 6.07) is 12.5. The summed E-state index contributed by atoms with van der Waals surface area (Å²) < 4.78 is 0. The van der Waals surface area contributed by atoms with E-state index in [4.69, 9.17) is 0 Å². The van der Waals surface area contributed by atoms with Crippen LogP contribution in [0.2, 0.25) is 0 Å². The lowest BCUT2D eigenvalue weighted by Crippen LogP contribution is -2.31. The third kappa shape index (κ3) is 2.53. The van der Waals surface area contributed by atoms with Gasteiger partial charge in [-0.15, -0.1) is 0 Å². The second-order valence-electron chi connectivity index (χ2n) is 8.21. The van der Waals surface area contributed by atoms with Gasteiger partial charge in [0.15, 0.2) is 0 Å². The Hall–Kier alpha value is -2.29. The molecule has 1 spiro atoms. The summed E-state index contributed by atoms with van der Waals surface area (Å²) in [5.41, 5.74) is 7.34. The molecular formula is C23H26N2O. The van der Waals surface area contributed by atoms with Crippen LogP contribution in [-0.2, 0) is 18.3 Å². The summed E-state index contributed by atoms with van der Waals surface area (Å²) in [5, 5.41) is 6.76. The molecule has 1 aliphatic heterocycles. The van der Waals surface area contributed by atoms with Gasteiger partial charge in [0.25, 0.3) is 5.91 Å². The van der Waals surface area contributed by atoms with Gasteiger partial charge in [-0.2, -0.15) is 0 Å². The number of fused-ring (bicyclic) bond motifs is 3. The second-order valence-corrected chi connectivity index (χ2v) is 8.21. The molecule has 2 aromatic carbocycles. The topological polar surface area (TPSA) is 41.1 Å². The van der Waals surface area contributed by atoms with Gasteiger partial charge >= 0.3 is 0 Å². The first-order chi connectivity index (χ1) is 12.8. The SMILES string of the molecule is O=C(Nc1cccc2c1CCC2)c1ccc2c(c1)C1(CCCCC1)CN2. The molecule has 134 valence electrons. The molecule has 1 fully saturated rings. The summed E-state index contributed by atoms with van der Waals surface area (Å²) in [5.74, 6) is 0.0194. The number of benzene rings is 2. The van der Waals surface area contributed by atoms with E-state index in [-0.39, 0.29) is 11.3 Å². The Morgan fingerprint density at radius 2 is 1.88 bits per heavy atom. The lowest BCUT2D eigenvalue weighted by atomic mass is 9.70. The standard InChI is InChI=1S/C23H26N2O/c26-22(25-20-9-5-7-16-6-4-8-18(16)20)17-10-11-21-19(14-17)23(15-24-21)12-2-1-3-13-23/h5,7,9-11,14,24H,1-4,6,8,12-13,15H2,(H,25,26). The maximum atomic E-state index is 13.0. The van der Waals surface area contributed by atoms with Gasteiger partial charge in [0.05, 0.1) is 0 Å². The Kier molecular flexibility index (Phi) is 3.77. The van der Waals surface area contributed by atoms with Crippen molar-refractivity contribution in [1.29, 1.82) is 0 Å². The van der Waals surface area contributed by atoms with E-state index in [9.17, 15) is 4.79 Å². The monoisotopic (exact) mass is 346 g/mol. The minimum Gasteiger partial charge on any atom is -0.384 e. The molecule has 0 saturated heterocycles. The van der Waals surface area contributed by atoms with E-state index in [0.717, 1.165) is 30.6 Å². The van der Waals surface area contributed by atoms with Gasteiger partial charge in [0.2, 0.25) is 0 Å². The molecule has 0 bridgehead atoms. The van der Waals surface area contributed by atoms with Crippen LogP contribution in [0, 0.1) is 0 Å². The van der Waals surface area contributed by atoms with Crippen molar-refractivity contribution in [2.24, 2.45) is 0 Å². The smallest absolute Gasteiger partial charge is 0.255 e. The summed E-state index contributed by atoms with van der Waals surface area (Å²) >= 11 is 0. The second kappa shape index (κ2) is 6.15. The zero-order valence-corrected chi connectivity index (χ0v) is 15.2. The van der Waals surface area contributed by atoms with Crippen LogP contribution >= 0.6 is 0 Å². The van der Waals surface area contributed by atoms with Gasteiger partial charge in [-0.3, -0.25) is 4.79 Å². The number of hydrogen-bond donors (Lipinski definition) is 2. The first kappa shape index (κ1) is 15.9. The highest BCUT2D eigenvalue weighted by atomic mass is 16.1. The van der Waals surface area contributed by atoms with Crippen molar-refractivity contribution in [3.8, 4) is 0 Å². The molecule has 1 amide bonds. The average Bonchev–Trinajstić information content (AvgIpc) is 3.29. The number of carbonyl (C=O) groups excluding carboxylic acids is 1. The number of nitrogens with one attached hydrogen (secondary N) is 2. The zero-order chi connectivity index (χ0) is 17.6. The van der Waals surface area contributed by atoms with Crippen LogP contribution < -0.4 is 10.6 Å². The van der Waals surface area contributed by atoms with Crippen LogP contribution in [0.3, 0.4) is 0 Å². The average molecular weight is 346 g/mol. The summed E-state index contributed by atoms with van der Waals surface area (Å²) in [7, 11) is 0. The van der Waals surface area contributed by atoms with Crippen LogP contribution in [0.1, 0.15) is 65.6 Å². The lowest BCUT2D eigenvalue weighted by Gasteiger charge is -2.33. The number of anilines is 2. The molecule has 1 saturated carbocycles. The molecular weight excluding hydrogens is 320 g/mol. The van der Waals surface area contributed by atoms with Crippen molar-refractivity contribution < 1.29 is 4.79 Å². The van der Waals surface area contributed by atoms with E-state index in [1.165, 1.54) is 60.9 Å². The van der Waals surface area contributed by atoms with E-state index in [0.29, 0.717) is 0 Å². The highest BCUT2D eigenvalue weighted by Crippen LogP contribution is 2.46. The van der Waals surface area contributed by atoms with Crippen LogP contribution in [0.4, 0.5) is 11.4 Å². The van der Waals surface area contributed by atoms with Crippen LogP contribution in [0.15, 0.2) is 36.4 Å². The molecule has 3 heteroatoms. The van der Waals surface area contributed by atoms with Gasteiger partial charge in [0, 0.05) is 28.9 Å². The van der Waals surface area contributed by atoms with Crippen LogP contribution in [-0.4, -0.2) is 12.5 Å². The molecule has 2 aromatic rings. The fourth-order valence-electron chi connectivity index (χ4n) is 5.24. The first-order valence-electron chi connectivity index (χ1n) is 10.1. The maximum Gasteiger partial charge on any atom is 0.255 e. The lowest BCUT2D eigenvalue weighted by molar-refractivity contribution is 0.102. The van der Waals surface area contributed by atoms with Crippen molar-refractivity contribution in [1.82, 2.24) is 0 Å². The minimum atomic E-state index is 0.0194. The maximum absolute atomic E-state index is 13.0. The fourth-order valence-corrected chi connectivity index (χ4v) is 5.24. The van der Waals surface area contributed by atoms with Gasteiger partial charge in [-0.25, -0.2) is 0 Å². The molecule has 0 radical (unpaired) electrons. The molecule has 3 nitrogen and oxygen atoms in total. The molecule has 0 aromatic heterocycles. The molecule has 2 aliphatic carbocycles. The molecule has 1 heterocycles. The number of rotatable bonds is 2.